The third-order valence-electron chi connectivity index (χ3n) is 5.70. The number of aromatic nitrogens is 1. The summed E-state index contributed by atoms with van der Waals surface area (Å²) in [5.41, 5.74) is 1.28. The van der Waals surface area contributed by atoms with Gasteiger partial charge in [-0.3, -0.25) is 13.8 Å². The summed E-state index contributed by atoms with van der Waals surface area (Å²) in [5, 5.41) is 0. The van der Waals surface area contributed by atoms with Gasteiger partial charge >= 0.3 is 0 Å². The fraction of sp³-hybridized carbons (Fsp3) is 0.400. The number of likely N-dealkylation sites (tertiary alicyclic amines) is 1. The van der Waals surface area contributed by atoms with Crippen molar-refractivity contribution in [3.63, 3.8) is 0 Å². The van der Waals surface area contributed by atoms with E-state index in [1.807, 2.05) is 19.3 Å². The van der Waals surface area contributed by atoms with Gasteiger partial charge in [-0.2, -0.15) is 0 Å². The number of hydrogen-bond acceptors (Lipinski definition) is 3. The molecule has 2 aliphatic heterocycles. The summed E-state index contributed by atoms with van der Waals surface area (Å²) in [6.07, 6.45) is 2.73. The van der Waals surface area contributed by atoms with E-state index in [0.29, 0.717) is 37.2 Å². The van der Waals surface area contributed by atoms with Crippen molar-refractivity contribution in [1.82, 2.24) is 14.4 Å². The molecule has 148 valence electrons. The minimum Gasteiger partial charge on any atom is -0.347 e. The van der Waals surface area contributed by atoms with Gasteiger partial charge in [-0.05, 0) is 29.8 Å². The van der Waals surface area contributed by atoms with Crippen LogP contribution < -0.4 is 0 Å². The van der Waals surface area contributed by atoms with E-state index in [1.165, 1.54) is 12.1 Å². The van der Waals surface area contributed by atoms with Gasteiger partial charge in [0.1, 0.15) is 22.1 Å². The van der Waals surface area contributed by atoms with Crippen molar-refractivity contribution in [2.24, 2.45) is 7.05 Å². The molecule has 28 heavy (non-hydrogen) atoms. The van der Waals surface area contributed by atoms with Crippen LogP contribution in [0.25, 0.3) is 0 Å². The molecule has 0 N–H and O–H groups in total. The van der Waals surface area contributed by atoms with Gasteiger partial charge in [-0.1, -0.05) is 12.1 Å². The van der Waals surface area contributed by atoms with Gasteiger partial charge in [0.15, 0.2) is 0 Å². The van der Waals surface area contributed by atoms with Crippen molar-refractivity contribution in [2.75, 3.05) is 18.8 Å². The van der Waals surface area contributed by atoms with Gasteiger partial charge in [-0.15, -0.1) is 0 Å². The molecule has 4 rings (SSSR count). The summed E-state index contributed by atoms with van der Waals surface area (Å²) in [6.45, 7) is 1.10. The Hall–Kier alpha value is -2.48. The quantitative estimate of drug-likeness (QED) is 0.786. The van der Waals surface area contributed by atoms with Crippen molar-refractivity contribution in [2.45, 2.75) is 24.3 Å². The fourth-order valence-corrected chi connectivity index (χ4v) is 5.83. The normalized spacial score (nSPS) is 21.5. The van der Waals surface area contributed by atoms with E-state index in [1.54, 1.807) is 32.6 Å². The zero-order valence-corrected chi connectivity index (χ0v) is 16.5. The van der Waals surface area contributed by atoms with Crippen LogP contribution in [0.1, 0.15) is 28.9 Å². The van der Waals surface area contributed by atoms with Crippen LogP contribution in [0.5, 0.6) is 0 Å². The van der Waals surface area contributed by atoms with Gasteiger partial charge < -0.3 is 14.4 Å². The number of carbonyl (C=O) groups is 2. The Labute approximate surface area is 165 Å². The number of rotatable bonds is 3. The molecule has 3 heterocycles. The van der Waals surface area contributed by atoms with Crippen LogP contribution >= 0.6 is 0 Å². The fourth-order valence-electron chi connectivity index (χ4n) is 4.13. The largest absolute Gasteiger partial charge is 0.347 e. The maximum atomic E-state index is 13.5. The lowest BCUT2D eigenvalue weighted by Gasteiger charge is -2.43. The van der Waals surface area contributed by atoms with Crippen LogP contribution in [-0.2, 0) is 29.2 Å². The highest BCUT2D eigenvalue weighted by Crippen LogP contribution is 2.38. The van der Waals surface area contributed by atoms with Crippen LogP contribution in [0.15, 0.2) is 42.6 Å². The molecule has 2 fully saturated rings. The molecule has 2 amide bonds. The van der Waals surface area contributed by atoms with Crippen LogP contribution in [0.3, 0.4) is 0 Å². The molecule has 0 aliphatic carbocycles. The second kappa shape index (κ2) is 7.16. The highest BCUT2D eigenvalue weighted by molar-refractivity contribution is 7.87. The number of amides is 2. The Balaban J connectivity index is 1.53. The molecule has 0 bridgehead atoms. The van der Waals surface area contributed by atoms with Crippen molar-refractivity contribution in [3.05, 3.63) is 59.7 Å². The number of benzene rings is 1. The number of nitrogens with zero attached hydrogens (tertiary/aromatic N) is 3. The number of aryl methyl sites for hydroxylation is 1. The summed E-state index contributed by atoms with van der Waals surface area (Å²) in [5.74, 6) is -0.609. The zero-order valence-electron chi connectivity index (χ0n) is 15.6. The molecule has 2 aromatic rings. The van der Waals surface area contributed by atoms with Crippen molar-refractivity contribution in [3.8, 4) is 0 Å². The van der Waals surface area contributed by atoms with E-state index < -0.39 is 15.7 Å². The summed E-state index contributed by atoms with van der Waals surface area (Å²) >= 11 is 0. The monoisotopic (exact) mass is 403 g/mol. The molecule has 1 unspecified atom stereocenters. The Bertz CT molecular complexity index is 950. The first-order chi connectivity index (χ1) is 13.4. The number of halogens is 1. The van der Waals surface area contributed by atoms with Crippen LogP contribution in [0.2, 0.25) is 0 Å². The maximum absolute atomic E-state index is 13.5. The van der Waals surface area contributed by atoms with E-state index in [4.69, 9.17) is 0 Å². The molecule has 2 aliphatic rings. The van der Waals surface area contributed by atoms with Gasteiger partial charge in [-0.25, -0.2) is 4.39 Å². The van der Waals surface area contributed by atoms with Crippen molar-refractivity contribution in [1.29, 1.82) is 0 Å². The SMILES string of the molecule is Cn1cccc1C(=O)N1CCC2(CC1)N(Cc1cccc(F)c1)C(=O)CS2=O. The summed E-state index contributed by atoms with van der Waals surface area (Å²) < 4.78 is 28.2. The number of hydrogen-bond donors (Lipinski definition) is 0. The van der Waals surface area contributed by atoms with Crippen LogP contribution in [0, 0.1) is 5.82 Å². The van der Waals surface area contributed by atoms with Gasteiger partial charge in [0, 0.05) is 45.7 Å². The Morgan fingerprint density at radius 2 is 1.96 bits per heavy atom. The van der Waals surface area contributed by atoms with Crippen molar-refractivity contribution < 1.29 is 18.2 Å². The lowest BCUT2D eigenvalue weighted by molar-refractivity contribution is -0.131. The lowest BCUT2D eigenvalue weighted by atomic mass is 10.0. The average Bonchev–Trinajstić information content (AvgIpc) is 3.19. The Kier molecular flexibility index (Phi) is 4.82. The minimum atomic E-state index is -1.34. The van der Waals surface area contributed by atoms with Crippen LogP contribution in [-0.4, -0.2) is 54.1 Å². The molecule has 1 spiro atoms. The first-order valence-corrected chi connectivity index (χ1v) is 10.6. The summed E-state index contributed by atoms with van der Waals surface area (Å²) in [7, 11) is 0.487. The number of carbonyl (C=O) groups excluding carboxylic acids is 2. The van der Waals surface area contributed by atoms with Gasteiger partial charge in [0.2, 0.25) is 5.91 Å². The highest BCUT2D eigenvalue weighted by atomic mass is 32.2. The number of piperidine rings is 1. The minimum absolute atomic E-state index is 0.0128. The maximum Gasteiger partial charge on any atom is 0.270 e. The smallest absolute Gasteiger partial charge is 0.270 e. The van der Waals surface area contributed by atoms with Crippen LogP contribution in [0.4, 0.5) is 4.39 Å². The van der Waals surface area contributed by atoms with E-state index in [-0.39, 0.29) is 29.9 Å². The third-order valence-corrected chi connectivity index (χ3v) is 7.68. The molecular weight excluding hydrogens is 381 g/mol. The Morgan fingerprint density at radius 3 is 2.61 bits per heavy atom. The molecule has 2 saturated heterocycles. The molecule has 0 radical (unpaired) electrons. The predicted octanol–water partition coefficient (Wildman–Crippen LogP) is 1.89. The topological polar surface area (TPSA) is 62.6 Å². The second-order valence-electron chi connectivity index (χ2n) is 7.34. The molecule has 1 atom stereocenters. The molecule has 1 aromatic carbocycles. The molecular formula is C20H22FN3O3S. The van der Waals surface area contributed by atoms with E-state index in [9.17, 15) is 18.2 Å². The van der Waals surface area contributed by atoms with Gasteiger partial charge in [0.25, 0.3) is 5.91 Å². The first kappa shape index (κ1) is 18.9. The summed E-state index contributed by atoms with van der Waals surface area (Å²) in [4.78, 5) is 27.9. The Morgan fingerprint density at radius 1 is 1.21 bits per heavy atom. The van der Waals surface area contributed by atoms with E-state index in [2.05, 4.69) is 0 Å². The third kappa shape index (κ3) is 3.15. The van der Waals surface area contributed by atoms with E-state index >= 15 is 0 Å². The molecule has 1 aromatic heterocycles. The standard InChI is InChI=1S/C20H22FN3O3S/c1-22-9-3-6-17(22)19(26)23-10-7-20(8-11-23)24(18(25)14-28(20)27)13-15-4-2-5-16(21)12-15/h2-6,9,12H,7-8,10-11,13-14H2,1H3. The highest BCUT2D eigenvalue weighted by Gasteiger charge is 2.53. The molecule has 0 saturated carbocycles. The lowest BCUT2D eigenvalue weighted by Crippen LogP contribution is -2.55. The zero-order chi connectivity index (χ0) is 19.9. The van der Waals surface area contributed by atoms with Crippen molar-refractivity contribution >= 4 is 22.6 Å². The van der Waals surface area contributed by atoms with Gasteiger partial charge in [0.05, 0.1) is 10.8 Å². The second-order valence-corrected chi connectivity index (χ2v) is 9.08. The summed E-state index contributed by atoms with van der Waals surface area (Å²) in [6, 6.07) is 9.73. The predicted molar refractivity (Wildman–Crippen MR) is 103 cm³/mol. The molecule has 8 heteroatoms. The molecule has 6 nitrogen and oxygen atoms in total. The first-order valence-electron chi connectivity index (χ1n) is 9.25. The van der Waals surface area contributed by atoms with E-state index in [0.717, 1.165) is 0 Å². The average molecular weight is 403 g/mol.